The highest BCUT2D eigenvalue weighted by atomic mass is 32.1. The molecule has 5 rings (SSSR count). The Morgan fingerprint density at radius 1 is 1.24 bits per heavy atom. The number of carbonyl (C=O) groups excluding carboxylic acids is 3. The van der Waals surface area contributed by atoms with Gasteiger partial charge in [-0.3, -0.25) is 14.5 Å². The Hall–Kier alpha value is -4.88. The summed E-state index contributed by atoms with van der Waals surface area (Å²) < 4.78 is 5.95. The van der Waals surface area contributed by atoms with Gasteiger partial charge in [-0.25, -0.2) is 9.78 Å². The molecule has 2 aromatic heterocycles. The summed E-state index contributed by atoms with van der Waals surface area (Å²) in [5.74, 6) is 5.87. The monoisotopic (exact) mass is 581 g/mol. The molecule has 4 heterocycles. The Labute approximate surface area is 248 Å². The molecule has 0 saturated carbocycles. The molecule has 1 aromatic carbocycles. The number of piperidine rings is 1. The van der Waals surface area contributed by atoms with E-state index >= 15 is 0 Å². The van der Waals surface area contributed by atoms with Gasteiger partial charge < -0.3 is 20.3 Å². The zero-order chi connectivity index (χ0) is 29.8. The number of allylic oxidation sites excluding steroid dienone is 4. The predicted octanol–water partition coefficient (Wildman–Crippen LogP) is 5.84. The van der Waals surface area contributed by atoms with E-state index in [0.717, 1.165) is 18.4 Å². The van der Waals surface area contributed by atoms with Gasteiger partial charge in [0.2, 0.25) is 0 Å². The van der Waals surface area contributed by atoms with Crippen molar-refractivity contribution in [1.82, 2.24) is 15.2 Å². The topological polar surface area (TPSA) is 104 Å². The quantitative estimate of drug-likeness (QED) is 0.207. The molecule has 0 bridgehead atoms. The Balaban J connectivity index is 1.43. The van der Waals surface area contributed by atoms with Crippen LogP contribution in [-0.4, -0.2) is 46.9 Å². The maximum absolute atomic E-state index is 13.5. The fourth-order valence-corrected chi connectivity index (χ4v) is 6.06. The number of benzene rings is 1. The van der Waals surface area contributed by atoms with Crippen molar-refractivity contribution >= 4 is 50.8 Å². The zero-order valence-electron chi connectivity index (χ0n) is 23.7. The van der Waals surface area contributed by atoms with Gasteiger partial charge in [0.25, 0.3) is 11.8 Å². The molecule has 1 fully saturated rings. The molecular weight excluding hydrogens is 550 g/mol. The molecule has 4 amide bonds. The standard InChI is InChI=1S/C32H31N5O4S/c1-5-11-26(38)36-17-10-12-22(19-36)34-30(39)29-28-27-25(15-16-33-31(27)42-29)37(32(40)35-28)21(4)20(3)18-23(6-2)41-24-13-8-7-9-14-24/h6-9,13-16,18,22H,2,10,12,17,19H2,1,3-4H3,(H,34,39)(H,35,40)/b21-20+,23-18+/t22-/m1/s1. The van der Waals surface area contributed by atoms with Crippen LogP contribution >= 0.6 is 11.3 Å². The fraction of sp³-hybridized carbons (Fsp3) is 0.250. The highest BCUT2D eigenvalue weighted by Gasteiger charge is 2.34. The van der Waals surface area contributed by atoms with Gasteiger partial charge in [-0.05, 0) is 75.5 Å². The van der Waals surface area contributed by atoms with Crippen LogP contribution in [-0.2, 0) is 4.79 Å². The molecule has 2 N–H and O–H groups in total. The minimum absolute atomic E-state index is 0.216. The molecule has 214 valence electrons. The van der Waals surface area contributed by atoms with Crippen LogP contribution in [0.4, 0.5) is 16.2 Å². The largest absolute Gasteiger partial charge is 0.457 e. The van der Waals surface area contributed by atoms with Gasteiger partial charge in [-0.15, -0.1) is 11.3 Å². The van der Waals surface area contributed by atoms with Crippen molar-refractivity contribution in [1.29, 1.82) is 0 Å². The van der Waals surface area contributed by atoms with E-state index in [1.807, 2.05) is 50.3 Å². The Bertz CT molecular complexity index is 1700. The van der Waals surface area contributed by atoms with E-state index < -0.39 is 0 Å². The second-order valence-corrected chi connectivity index (χ2v) is 11.0. The molecule has 3 aromatic rings. The predicted molar refractivity (Wildman–Crippen MR) is 165 cm³/mol. The van der Waals surface area contributed by atoms with Crippen LogP contribution in [0.15, 0.2) is 78.4 Å². The summed E-state index contributed by atoms with van der Waals surface area (Å²) in [6, 6.07) is 10.6. The molecular formula is C32H31N5O4S. The van der Waals surface area contributed by atoms with Gasteiger partial charge in [0.05, 0.1) is 16.8 Å². The minimum Gasteiger partial charge on any atom is -0.457 e. The number of nitrogens with one attached hydrogen (secondary N) is 2. The van der Waals surface area contributed by atoms with Crippen LogP contribution < -0.4 is 20.3 Å². The summed E-state index contributed by atoms with van der Waals surface area (Å²) in [5, 5.41) is 6.69. The number of anilines is 2. The molecule has 0 radical (unpaired) electrons. The van der Waals surface area contributed by atoms with E-state index in [4.69, 9.17) is 4.74 Å². The van der Waals surface area contributed by atoms with Crippen molar-refractivity contribution in [2.24, 2.45) is 0 Å². The number of rotatable bonds is 7. The van der Waals surface area contributed by atoms with Gasteiger partial charge in [-0.2, -0.15) is 0 Å². The lowest BCUT2D eigenvalue weighted by Gasteiger charge is -2.32. The first-order chi connectivity index (χ1) is 20.3. The molecule has 42 heavy (non-hydrogen) atoms. The summed E-state index contributed by atoms with van der Waals surface area (Å²) in [6.45, 7) is 10.2. The van der Waals surface area contributed by atoms with E-state index in [9.17, 15) is 14.4 Å². The number of urea groups is 1. The first kappa shape index (κ1) is 28.6. The summed E-state index contributed by atoms with van der Waals surface area (Å²) in [7, 11) is 0. The number of para-hydroxylation sites is 1. The normalized spacial score (nSPS) is 17.1. The van der Waals surface area contributed by atoms with Crippen LogP contribution in [0.25, 0.3) is 10.2 Å². The van der Waals surface area contributed by atoms with Crippen LogP contribution in [0.1, 0.15) is 43.3 Å². The van der Waals surface area contributed by atoms with Crippen LogP contribution in [0.2, 0.25) is 0 Å². The van der Waals surface area contributed by atoms with Crippen molar-refractivity contribution in [3.05, 3.63) is 83.2 Å². The van der Waals surface area contributed by atoms with E-state index in [1.54, 1.807) is 35.1 Å². The molecule has 0 aliphatic carbocycles. The molecule has 0 unspecified atom stereocenters. The number of carbonyl (C=O) groups is 3. The smallest absolute Gasteiger partial charge is 0.330 e. The fourth-order valence-electron chi connectivity index (χ4n) is 5.04. The van der Waals surface area contributed by atoms with Crippen molar-refractivity contribution in [2.75, 3.05) is 23.3 Å². The van der Waals surface area contributed by atoms with Crippen molar-refractivity contribution in [3.63, 3.8) is 0 Å². The van der Waals surface area contributed by atoms with Crippen molar-refractivity contribution in [2.45, 2.75) is 39.7 Å². The lowest BCUT2D eigenvalue weighted by atomic mass is 10.1. The van der Waals surface area contributed by atoms with E-state index in [1.165, 1.54) is 11.3 Å². The number of ether oxygens (including phenoxy) is 1. The van der Waals surface area contributed by atoms with Crippen molar-refractivity contribution < 1.29 is 19.1 Å². The Morgan fingerprint density at radius 3 is 2.76 bits per heavy atom. The molecule has 9 nitrogen and oxygen atoms in total. The highest BCUT2D eigenvalue weighted by molar-refractivity contribution is 7.21. The minimum atomic E-state index is -0.385. The van der Waals surface area contributed by atoms with Gasteiger partial charge >= 0.3 is 6.03 Å². The van der Waals surface area contributed by atoms with Crippen LogP contribution in [0, 0.1) is 11.8 Å². The number of likely N-dealkylation sites (tertiary alicyclic amines) is 1. The number of hydrogen-bond donors (Lipinski definition) is 2. The van der Waals surface area contributed by atoms with Crippen molar-refractivity contribution in [3.8, 4) is 17.6 Å². The number of hydrogen-bond acceptors (Lipinski definition) is 6. The number of thiophene rings is 1. The first-order valence-electron chi connectivity index (χ1n) is 13.6. The average molecular weight is 582 g/mol. The van der Waals surface area contributed by atoms with Gasteiger partial charge in [-0.1, -0.05) is 30.7 Å². The third-order valence-corrected chi connectivity index (χ3v) is 8.27. The Kier molecular flexibility index (Phi) is 8.41. The summed E-state index contributed by atoms with van der Waals surface area (Å²) in [6.07, 6.45) is 6.59. The maximum Gasteiger partial charge on any atom is 0.330 e. The molecule has 2 aliphatic rings. The number of aromatic nitrogens is 1. The zero-order valence-corrected chi connectivity index (χ0v) is 24.5. The highest BCUT2D eigenvalue weighted by Crippen LogP contribution is 2.44. The van der Waals surface area contributed by atoms with E-state index in [2.05, 4.69) is 34.0 Å². The number of amides is 4. The maximum atomic E-state index is 13.5. The molecule has 10 heteroatoms. The molecule has 2 aliphatic heterocycles. The second kappa shape index (κ2) is 12.3. The number of pyridine rings is 1. The van der Waals surface area contributed by atoms with Crippen LogP contribution in [0.3, 0.4) is 0 Å². The molecule has 1 atom stereocenters. The summed E-state index contributed by atoms with van der Waals surface area (Å²) in [4.78, 5) is 48.0. The average Bonchev–Trinajstić information content (AvgIpc) is 3.36. The van der Waals surface area contributed by atoms with Gasteiger partial charge in [0, 0.05) is 31.0 Å². The van der Waals surface area contributed by atoms with Gasteiger partial charge in [0.15, 0.2) is 0 Å². The molecule has 0 spiro atoms. The summed E-state index contributed by atoms with van der Waals surface area (Å²) >= 11 is 1.23. The number of nitrogens with zero attached hydrogens (tertiary/aromatic N) is 3. The van der Waals surface area contributed by atoms with Gasteiger partial charge in [0.1, 0.15) is 21.2 Å². The summed E-state index contributed by atoms with van der Waals surface area (Å²) in [5.41, 5.74) is 2.55. The lowest BCUT2D eigenvalue weighted by molar-refractivity contribution is -0.126. The Morgan fingerprint density at radius 2 is 2.02 bits per heavy atom. The van der Waals surface area contributed by atoms with Crippen LogP contribution in [0.5, 0.6) is 5.75 Å². The lowest BCUT2D eigenvalue weighted by Crippen LogP contribution is -2.49. The van der Waals surface area contributed by atoms with E-state index in [-0.39, 0.29) is 23.9 Å². The first-order valence-corrected chi connectivity index (χ1v) is 14.4. The van der Waals surface area contributed by atoms with E-state index in [0.29, 0.717) is 56.8 Å². The second-order valence-electron chi connectivity index (χ2n) is 9.96. The third kappa shape index (κ3) is 5.78. The SMILES string of the molecule is C=C/C(=C\C(C)=C(/C)N1C(=O)Nc2c(C(=O)N[C@@H]3CCCN(C(=O)C#CC)C3)sc3nccc1c23)Oc1ccccc1. The third-order valence-electron chi connectivity index (χ3n) is 7.17. The molecule has 1 saturated heterocycles.